The number of nitrogens with one attached hydrogen (secondary N) is 3. The number of anilines is 2. The Morgan fingerprint density at radius 2 is 2.09 bits per heavy atom. The number of amides is 2. The number of hydrogen-bond acceptors (Lipinski definition) is 6. The number of rotatable bonds is 8. The molecule has 172 valence electrons. The predicted molar refractivity (Wildman–Crippen MR) is 126 cm³/mol. The standard InChI is InChI=1S/C23H25ClN6O3/c1-30-18-13-16(25-11-5-10-24)8-9-19(18)33-14-17(23(30)32)26-22(31)21-27-20(28-29-21)12-15-6-3-2-4-7-15/h2-4,6-9,13,17,25H,5,10-12,14H2,1H3,(H,26,31)(H,27,28,29)/t17-/m0/s1. The van der Waals surface area contributed by atoms with Crippen molar-refractivity contribution in [2.45, 2.75) is 18.9 Å². The van der Waals surface area contributed by atoms with Gasteiger partial charge in [0, 0.05) is 31.6 Å². The zero-order valence-corrected chi connectivity index (χ0v) is 18.9. The lowest BCUT2D eigenvalue weighted by Gasteiger charge is -2.20. The van der Waals surface area contributed by atoms with Gasteiger partial charge in [0.05, 0.1) is 5.69 Å². The summed E-state index contributed by atoms with van der Waals surface area (Å²) >= 11 is 5.73. The van der Waals surface area contributed by atoms with Gasteiger partial charge in [0.1, 0.15) is 24.2 Å². The fourth-order valence-electron chi connectivity index (χ4n) is 3.50. The molecule has 1 atom stereocenters. The summed E-state index contributed by atoms with van der Waals surface area (Å²) in [5, 5.41) is 12.7. The molecule has 0 saturated heterocycles. The van der Waals surface area contributed by atoms with Crippen LogP contribution in [0.25, 0.3) is 0 Å². The van der Waals surface area contributed by atoms with E-state index in [2.05, 4.69) is 25.8 Å². The van der Waals surface area contributed by atoms with Gasteiger partial charge in [-0.15, -0.1) is 16.7 Å². The summed E-state index contributed by atoms with van der Waals surface area (Å²) in [7, 11) is 1.66. The zero-order valence-electron chi connectivity index (χ0n) is 18.2. The number of hydrogen-bond donors (Lipinski definition) is 3. The van der Waals surface area contributed by atoms with Crippen LogP contribution in [0.3, 0.4) is 0 Å². The topological polar surface area (TPSA) is 112 Å². The van der Waals surface area contributed by atoms with Gasteiger partial charge in [0.2, 0.25) is 5.82 Å². The monoisotopic (exact) mass is 468 g/mol. The predicted octanol–water partition coefficient (Wildman–Crippen LogP) is 2.59. The third-order valence-electron chi connectivity index (χ3n) is 5.25. The Bertz CT molecular complexity index is 1120. The maximum Gasteiger partial charge on any atom is 0.291 e. The summed E-state index contributed by atoms with van der Waals surface area (Å²) in [6, 6.07) is 14.4. The van der Waals surface area contributed by atoms with E-state index < -0.39 is 11.9 Å². The summed E-state index contributed by atoms with van der Waals surface area (Å²) in [5.41, 5.74) is 2.52. The molecule has 0 bridgehead atoms. The number of alkyl halides is 1. The van der Waals surface area contributed by atoms with Crippen molar-refractivity contribution >= 4 is 34.8 Å². The third-order valence-corrected chi connectivity index (χ3v) is 5.52. The van der Waals surface area contributed by atoms with Gasteiger partial charge in [0.25, 0.3) is 11.8 Å². The molecule has 2 aromatic carbocycles. The minimum Gasteiger partial charge on any atom is -0.489 e. The van der Waals surface area contributed by atoms with E-state index in [0.29, 0.717) is 29.6 Å². The molecule has 0 radical (unpaired) electrons. The summed E-state index contributed by atoms with van der Waals surface area (Å²) in [6.07, 6.45) is 1.35. The molecule has 1 aliphatic rings. The number of halogens is 1. The first-order valence-electron chi connectivity index (χ1n) is 10.7. The molecule has 3 aromatic rings. The zero-order chi connectivity index (χ0) is 23.2. The van der Waals surface area contributed by atoms with Crippen molar-refractivity contribution in [3.05, 3.63) is 65.7 Å². The molecule has 1 aromatic heterocycles. The number of ether oxygens (including phenoxy) is 1. The van der Waals surface area contributed by atoms with Gasteiger partial charge in [-0.25, -0.2) is 4.98 Å². The van der Waals surface area contributed by atoms with Crippen LogP contribution >= 0.6 is 11.6 Å². The second-order valence-electron chi connectivity index (χ2n) is 7.65. The van der Waals surface area contributed by atoms with Crippen molar-refractivity contribution < 1.29 is 14.3 Å². The van der Waals surface area contributed by atoms with Crippen molar-refractivity contribution in [2.75, 3.05) is 36.3 Å². The highest BCUT2D eigenvalue weighted by atomic mass is 35.5. The lowest BCUT2D eigenvalue weighted by Crippen LogP contribution is -2.49. The van der Waals surface area contributed by atoms with Gasteiger partial charge >= 0.3 is 0 Å². The van der Waals surface area contributed by atoms with Crippen molar-refractivity contribution in [1.82, 2.24) is 20.5 Å². The first-order valence-corrected chi connectivity index (χ1v) is 11.2. The Morgan fingerprint density at radius 3 is 2.88 bits per heavy atom. The molecule has 0 aliphatic carbocycles. The number of carbonyl (C=O) groups is 2. The van der Waals surface area contributed by atoms with E-state index in [9.17, 15) is 9.59 Å². The maximum absolute atomic E-state index is 13.0. The summed E-state index contributed by atoms with van der Waals surface area (Å²) in [4.78, 5) is 31.5. The third kappa shape index (κ3) is 5.43. The van der Waals surface area contributed by atoms with Crippen LogP contribution in [0.4, 0.5) is 11.4 Å². The second kappa shape index (κ2) is 10.4. The Hall–Kier alpha value is -3.59. The van der Waals surface area contributed by atoms with Crippen molar-refractivity contribution in [3.63, 3.8) is 0 Å². The average Bonchev–Trinajstić information content (AvgIpc) is 3.26. The minimum absolute atomic E-state index is 0.00221. The summed E-state index contributed by atoms with van der Waals surface area (Å²) in [5.74, 6) is 0.834. The van der Waals surface area contributed by atoms with E-state index >= 15 is 0 Å². The van der Waals surface area contributed by atoms with Crippen molar-refractivity contribution in [2.24, 2.45) is 0 Å². The van der Waals surface area contributed by atoms with Crippen molar-refractivity contribution in [1.29, 1.82) is 0 Å². The number of benzene rings is 2. The fourth-order valence-corrected chi connectivity index (χ4v) is 3.63. The van der Waals surface area contributed by atoms with Crippen LogP contribution in [0, 0.1) is 0 Å². The molecule has 33 heavy (non-hydrogen) atoms. The van der Waals surface area contributed by atoms with Crippen LogP contribution in [0.5, 0.6) is 5.75 Å². The normalized spacial score (nSPS) is 15.4. The Kier molecular flexibility index (Phi) is 7.09. The van der Waals surface area contributed by atoms with Gasteiger partial charge in [-0.1, -0.05) is 30.3 Å². The largest absolute Gasteiger partial charge is 0.489 e. The van der Waals surface area contributed by atoms with Gasteiger partial charge in [-0.05, 0) is 30.2 Å². The number of H-pyrrole nitrogens is 1. The molecule has 2 amide bonds. The molecule has 3 N–H and O–H groups in total. The lowest BCUT2D eigenvalue weighted by molar-refractivity contribution is -0.120. The summed E-state index contributed by atoms with van der Waals surface area (Å²) in [6.45, 7) is 0.727. The first kappa shape index (κ1) is 22.6. The van der Waals surface area contributed by atoms with Gasteiger partial charge in [-0.3, -0.25) is 14.7 Å². The quantitative estimate of drug-likeness (QED) is 0.346. The first-order chi connectivity index (χ1) is 16.0. The van der Waals surface area contributed by atoms with Gasteiger partial charge < -0.3 is 20.3 Å². The molecule has 10 heteroatoms. The molecule has 0 unspecified atom stereocenters. The molecule has 4 rings (SSSR count). The van der Waals surface area contributed by atoms with E-state index in [1.807, 2.05) is 42.5 Å². The number of nitrogens with zero attached hydrogens (tertiary/aromatic N) is 3. The van der Waals surface area contributed by atoms with Crippen LogP contribution in [0.15, 0.2) is 48.5 Å². The smallest absolute Gasteiger partial charge is 0.291 e. The van der Waals surface area contributed by atoms with E-state index in [-0.39, 0.29) is 18.3 Å². The van der Waals surface area contributed by atoms with Gasteiger partial charge in [-0.2, -0.15) is 0 Å². The highest BCUT2D eigenvalue weighted by molar-refractivity contribution is 6.17. The minimum atomic E-state index is -0.876. The van der Waals surface area contributed by atoms with E-state index in [4.69, 9.17) is 16.3 Å². The van der Waals surface area contributed by atoms with Crippen LogP contribution in [0.2, 0.25) is 0 Å². The van der Waals surface area contributed by atoms with Crippen molar-refractivity contribution in [3.8, 4) is 5.75 Å². The Balaban J connectivity index is 1.41. The number of fused-ring (bicyclic) bond motifs is 1. The number of aromatic amines is 1. The second-order valence-corrected chi connectivity index (χ2v) is 8.03. The molecule has 9 nitrogen and oxygen atoms in total. The highest BCUT2D eigenvalue weighted by Gasteiger charge is 2.31. The molecule has 0 saturated carbocycles. The summed E-state index contributed by atoms with van der Waals surface area (Å²) < 4.78 is 5.83. The molecule has 0 fully saturated rings. The maximum atomic E-state index is 13.0. The number of carbonyl (C=O) groups excluding carboxylic acids is 2. The Labute approximate surface area is 196 Å². The number of aromatic nitrogens is 3. The SMILES string of the molecule is CN1C(=O)[C@@H](NC(=O)c2n[nH]c(Cc3ccccc3)n2)COc2ccc(NCCCCl)cc21. The number of likely N-dealkylation sites (N-methyl/N-ethyl adjacent to an activating group) is 1. The lowest BCUT2D eigenvalue weighted by atomic mass is 10.1. The van der Waals surface area contributed by atoms with Crippen LogP contribution < -0.4 is 20.3 Å². The van der Waals surface area contributed by atoms with E-state index in [0.717, 1.165) is 24.2 Å². The van der Waals surface area contributed by atoms with Gasteiger partial charge in [0.15, 0.2) is 0 Å². The molecule has 2 heterocycles. The van der Waals surface area contributed by atoms with E-state index in [1.165, 1.54) is 4.90 Å². The molecular formula is C23H25ClN6O3. The molecule has 1 aliphatic heterocycles. The fraction of sp³-hybridized carbons (Fsp3) is 0.304. The van der Waals surface area contributed by atoms with E-state index in [1.54, 1.807) is 13.1 Å². The van der Waals surface area contributed by atoms with Crippen LogP contribution in [-0.2, 0) is 11.2 Å². The highest BCUT2D eigenvalue weighted by Crippen LogP contribution is 2.33. The molecular weight excluding hydrogens is 444 g/mol. The van der Waals surface area contributed by atoms with Crippen LogP contribution in [0.1, 0.15) is 28.4 Å². The van der Waals surface area contributed by atoms with Crippen LogP contribution in [-0.4, -0.2) is 59.1 Å². The Morgan fingerprint density at radius 1 is 1.27 bits per heavy atom. The molecule has 0 spiro atoms. The average molecular weight is 469 g/mol.